The van der Waals surface area contributed by atoms with E-state index in [0.29, 0.717) is 48.6 Å². The van der Waals surface area contributed by atoms with Crippen LogP contribution in [-0.4, -0.2) is 80.1 Å². The van der Waals surface area contributed by atoms with Crippen LogP contribution in [0.1, 0.15) is 83.4 Å². The van der Waals surface area contributed by atoms with E-state index in [2.05, 4.69) is 10.6 Å². The molecule has 4 aromatic rings. The Morgan fingerprint density at radius 3 is 1.33 bits per heavy atom. The molecule has 52 heavy (non-hydrogen) atoms. The van der Waals surface area contributed by atoms with Gasteiger partial charge in [0, 0.05) is 25.9 Å². The molecule has 0 radical (unpaired) electrons. The maximum atomic E-state index is 10.1. The predicted octanol–water partition coefficient (Wildman–Crippen LogP) is 4.38. The molecular weight excluding hydrogens is 676 g/mol. The number of carboxylic acids is 2. The lowest BCUT2D eigenvalue weighted by molar-refractivity contribution is -0.139. The van der Waals surface area contributed by atoms with Crippen LogP contribution in [0.3, 0.4) is 0 Å². The van der Waals surface area contributed by atoms with Gasteiger partial charge in [0.2, 0.25) is 0 Å². The van der Waals surface area contributed by atoms with Crippen molar-refractivity contribution < 1.29 is 59.9 Å². The van der Waals surface area contributed by atoms with Crippen LogP contribution in [0.2, 0.25) is 0 Å². The zero-order valence-corrected chi connectivity index (χ0v) is 28.7. The summed E-state index contributed by atoms with van der Waals surface area (Å²) in [6.45, 7) is 0.786. The molecule has 4 unspecified atom stereocenters. The number of rotatable bonds is 9. The summed E-state index contributed by atoms with van der Waals surface area (Å²) >= 11 is 0. The summed E-state index contributed by atoms with van der Waals surface area (Å²) in [5.74, 6) is -0.489. The Hall–Kier alpha value is -5.54. The van der Waals surface area contributed by atoms with Gasteiger partial charge in [0.15, 0.2) is 23.0 Å². The van der Waals surface area contributed by atoms with Crippen LogP contribution < -0.4 is 20.1 Å². The van der Waals surface area contributed by atoms with Gasteiger partial charge in [0.1, 0.15) is 11.5 Å². The number of aliphatic carboxylic acids is 2. The number of carbonyl (C=O) groups is 2. The number of hydrogen-bond acceptors (Lipinski definition) is 12. The Balaban J connectivity index is 0.000000187. The number of unbranched alkanes of at least 4 members (excludes halogenated alkanes) is 1. The van der Waals surface area contributed by atoms with Crippen molar-refractivity contribution >= 4 is 11.9 Å². The van der Waals surface area contributed by atoms with Gasteiger partial charge in [-0.3, -0.25) is 9.59 Å². The molecule has 10 N–H and O–H groups in total. The topological polar surface area (TPSA) is 238 Å². The summed E-state index contributed by atoms with van der Waals surface area (Å²) < 4.78 is 10.3. The molecule has 0 amide bonds. The summed E-state index contributed by atoms with van der Waals surface area (Å²) in [6.07, 6.45) is -0.283. The van der Waals surface area contributed by atoms with Crippen molar-refractivity contribution in [2.45, 2.75) is 50.0 Å². The highest BCUT2D eigenvalue weighted by atomic mass is 16.5. The summed E-state index contributed by atoms with van der Waals surface area (Å²) in [6, 6.07) is 20.0. The predicted molar refractivity (Wildman–Crippen MR) is 189 cm³/mol. The highest BCUT2D eigenvalue weighted by molar-refractivity contribution is 5.68. The van der Waals surface area contributed by atoms with E-state index in [1.54, 1.807) is 60.7 Å². The number of aliphatic hydroxyl groups is 2. The third-order valence-electron chi connectivity index (χ3n) is 8.62. The van der Waals surface area contributed by atoms with E-state index in [-0.39, 0.29) is 47.9 Å². The molecule has 4 atom stereocenters. The molecule has 0 bridgehead atoms. The van der Waals surface area contributed by atoms with E-state index >= 15 is 0 Å². The first-order valence-corrected chi connectivity index (χ1v) is 16.5. The molecule has 14 nitrogen and oxygen atoms in total. The molecule has 0 saturated heterocycles. The first-order valence-electron chi connectivity index (χ1n) is 16.5. The first-order chi connectivity index (χ1) is 24.8. The zero-order chi connectivity index (χ0) is 37.9. The minimum absolute atomic E-state index is 0.0628. The molecule has 0 aromatic heterocycles. The quantitative estimate of drug-likeness (QED) is 0.108. The zero-order valence-electron chi connectivity index (χ0n) is 28.7. The Kier molecular flexibility index (Phi) is 13.7. The van der Waals surface area contributed by atoms with E-state index in [9.17, 15) is 40.2 Å². The number of benzene rings is 4. The van der Waals surface area contributed by atoms with Crippen LogP contribution in [0.5, 0.6) is 34.5 Å². The number of methoxy groups -OCH3 is 2. The molecule has 14 heteroatoms. The molecule has 0 fully saturated rings. The Morgan fingerprint density at radius 2 is 0.981 bits per heavy atom. The molecule has 0 saturated carbocycles. The fourth-order valence-corrected chi connectivity index (χ4v) is 6.02. The fraction of sp³-hybridized carbons (Fsp3) is 0.316. The van der Waals surface area contributed by atoms with Gasteiger partial charge in [-0.2, -0.15) is 0 Å². The van der Waals surface area contributed by atoms with Gasteiger partial charge >= 0.3 is 11.9 Å². The molecule has 2 heterocycles. The Morgan fingerprint density at radius 1 is 0.596 bits per heavy atom. The maximum Gasteiger partial charge on any atom is 0.303 e. The van der Waals surface area contributed by atoms with Crippen LogP contribution in [-0.2, 0) is 9.59 Å². The van der Waals surface area contributed by atoms with Crippen LogP contribution >= 0.6 is 0 Å². The molecule has 4 aromatic carbocycles. The van der Waals surface area contributed by atoms with Gasteiger partial charge in [-0.05, 0) is 94.8 Å². The Bertz CT molecular complexity index is 1720. The van der Waals surface area contributed by atoms with Crippen LogP contribution in [0.15, 0.2) is 72.8 Å². The normalized spacial score (nSPS) is 18.6. The van der Waals surface area contributed by atoms with Gasteiger partial charge in [0.05, 0.1) is 38.5 Å². The van der Waals surface area contributed by atoms with Crippen molar-refractivity contribution in [2.24, 2.45) is 0 Å². The average molecular weight is 721 g/mol. The summed E-state index contributed by atoms with van der Waals surface area (Å²) in [5, 5.41) is 81.5. The molecule has 2 aliphatic rings. The number of hydrogen-bond donors (Lipinski definition) is 10. The minimum atomic E-state index is -0.870. The number of phenols is 4. The number of β-amino-alcohol motifs (C(OH)–C–C–N with tert-alkyl or cyclic N) is 2. The number of nitrogens with one attached hydrogen (secondary N) is 2. The van der Waals surface area contributed by atoms with Gasteiger partial charge in [-0.15, -0.1) is 0 Å². The summed E-state index contributed by atoms with van der Waals surface area (Å²) in [4.78, 5) is 19.8. The van der Waals surface area contributed by atoms with Crippen LogP contribution in [0.25, 0.3) is 0 Å². The standard InChI is InChI=1S/2C16H17NO4.C6H10O4/c2*1-21-15-6-9(2-5-13(15)19)16-11-4-3-10(18)7-12(11)14(20)8-17-16;7-5(8)3-1-2-4-6(9)10/h2*2-7,14,16-20H,8H2,1H3;1-4H2,(H,7,8)(H,9,10). The van der Waals surface area contributed by atoms with Gasteiger partial charge < -0.3 is 61.0 Å². The second-order valence-electron chi connectivity index (χ2n) is 12.2. The van der Waals surface area contributed by atoms with Crippen molar-refractivity contribution in [1.82, 2.24) is 10.6 Å². The number of phenolic OH excluding ortho intramolecular Hbond substituents is 4. The van der Waals surface area contributed by atoms with Crippen molar-refractivity contribution in [3.8, 4) is 34.5 Å². The smallest absolute Gasteiger partial charge is 0.303 e. The van der Waals surface area contributed by atoms with E-state index < -0.39 is 24.1 Å². The van der Waals surface area contributed by atoms with Gasteiger partial charge in [-0.1, -0.05) is 24.3 Å². The molecule has 2 aliphatic heterocycles. The molecule has 0 aliphatic carbocycles. The maximum absolute atomic E-state index is 10.1. The molecule has 0 spiro atoms. The second-order valence-corrected chi connectivity index (χ2v) is 12.2. The van der Waals surface area contributed by atoms with E-state index in [1.165, 1.54) is 14.2 Å². The second kappa shape index (κ2) is 18.1. The highest BCUT2D eigenvalue weighted by Crippen LogP contribution is 2.39. The monoisotopic (exact) mass is 720 g/mol. The lowest BCUT2D eigenvalue weighted by Crippen LogP contribution is -2.33. The van der Waals surface area contributed by atoms with Crippen molar-refractivity contribution in [3.05, 3.63) is 106 Å². The van der Waals surface area contributed by atoms with Crippen molar-refractivity contribution in [3.63, 3.8) is 0 Å². The molecular formula is C38H44N2O12. The van der Waals surface area contributed by atoms with E-state index in [1.807, 2.05) is 12.1 Å². The third-order valence-corrected chi connectivity index (χ3v) is 8.62. The molecule has 278 valence electrons. The summed E-state index contributed by atoms with van der Waals surface area (Å²) in [7, 11) is 3.01. The average Bonchev–Trinajstić information content (AvgIpc) is 3.12. The number of carboxylic acid groups (broad SMARTS) is 2. The Labute approximate surface area is 300 Å². The van der Waals surface area contributed by atoms with Crippen LogP contribution in [0.4, 0.5) is 0 Å². The third kappa shape index (κ3) is 10.0. The van der Waals surface area contributed by atoms with Gasteiger partial charge in [0.25, 0.3) is 0 Å². The van der Waals surface area contributed by atoms with Gasteiger partial charge in [-0.25, -0.2) is 0 Å². The fourth-order valence-electron chi connectivity index (χ4n) is 6.02. The first kappa shape index (κ1) is 39.2. The number of aliphatic hydroxyl groups excluding tert-OH is 2. The number of aromatic hydroxyl groups is 4. The largest absolute Gasteiger partial charge is 0.508 e. The van der Waals surface area contributed by atoms with Crippen molar-refractivity contribution in [1.29, 1.82) is 0 Å². The summed E-state index contributed by atoms with van der Waals surface area (Å²) in [5.41, 5.74) is 5.07. The van der Waals surface area contributed by atoms with E-state index in [4.69, 9.17) is 19.7 Å². The number of ether oxygens (including phenoxy) is 2. The number of fused-ring (bicyclic) bond motifs is 2. The van der Waals surface area contributed by atoms with E-state index in [0.717, 1.165) is 22.3 Å². The highest BCUT2D eigenvalue weighted by Gasteiger charge is 2.29. The SMILES string of the molecule is COc1cc(C2NCC(O)c3cc(O)ccc32)ccc1O.COc1cc(C2NCC(O)c3cc(O)ccc32)ccc1O.O=C(O)CCCCC(=O)O. The lowest BCUT2D eigenvalue weighted by atomic mass is 9.88. The van der Waals surface area contributed by atoms with Crippen molar-refractivity contribution in [2.75, 3.05) is 27.3 Å². The lowest BCUT2D eigenvalue weighted by Gasteiger charge is -2.31. The minimum Gasteiger partial charge on any atom is -0.508 e. The van der Waals surface area contributed by atoms with Crippen LogP contribution in [0, 0.1) is 0 Å². The molecule has 6 rings (SSSR count).